The molecule has 0 aliphatic carbocycles. The molecule has 0 unspecified atom stereocenters. The van der Waals surface area contributed by atoms with Gasteiger partial charge in [0.25, 0.3) is 11.8 Å². The van der Waals surface area contributed by atoms with Gasteiger partial charge in [-0.25, -0.2) is 14.5 Å². The fraction of sp³-hybridized carbons (Fsp3) is 0.143. The number of carboxylic acid groups (broad SMARTS) is 1. The summed E-state index contributed by atoms with van der Waals surface area (Å²) < 4.78 is 10.9. The van der Waals surface area contributed by atoms with E-state index in [9.17, 15) is 19.2 Å². The Morgan fingerprint density at radius 2 is 1.84 bits per heavy atom. The Kier molecular flexibility index (Phi) is 6.71. The largest absolute Gasteiger partial charge is 0.494 e. The van der Waals surface area contributed by atoms with Crippen LogP contribution in [0.25, 0.3) is 6.08 Å². The molecule has 1 fully saturated rings. The summed E-state index contributed by atoms with van der Waals surface area (Å²) in [5.41, 5.74) is 0.511. The molecule has 1 heterocycles. The summed E-state index contributed by atoms with van der Waals surface area (Å²) in [6.45, 7) is 1.79. The normalized spacial score (nSPS) is 15.1. The predicted molar refractivity (Wildman–Crippen MR) is 114 cm³/mol. The van der Waals surface area contributed by atoms with Gasteiger partial charge in [0.1, 0.15) is 17.1 Å². The van der Waals surface area contributed by atoms with Gasteiger partial charge < -0.3 is 14.6 Å². The minimum atomic E-state index is -1.12. The van der Waals surface area contributed by atoms with Crippen molar-refractivity contribution < 1.29 is 33.8 Å². The summed E-state index contributed by atoms with van der Waals surface area (Å²) in [4.78, 5) is 49.0. The van der Waals surface area contributed by atoms with E-state index in [4.69, 9.17) is 14.6 Å². The quantitative estimate of drug-likeness (QED) is 0.453. The van der Waals surface area contributed by atoms with Crippen molar-refractivity contribution in [2.24, 2.45) is 0 Å². The van der Waals surface area contributed by atoms with Gasteiger partial charge in [0.2, 0.25) is 0 Å². The summed E-state index contributed by atoms with van der Waals surface area (Å²) in [5, 5.41) is 10.9. The Balaban J connectivity index is 1.88. The first-order valence-corrected chi connectivity index (χ1v) is 9.88. The molecule has 3 rings (SSSR count). The first kappa shape index (κ1) is 22.0. The van der Waals surface area contributed by atoms with Crippen molar-refractivity contribution in [1.82, 2.24) is 5.32 Å². The van der Waals surface area contributed by atoms with Crippen LogP contribution in [0, 0.1) is 0 Å². The van der Waals surface area contributed by atoms with Crippen LogP contribution in [0.1, 0.15) is 12.5 Å². The van der Waals surface area contributed by atoms with Crippen LogP contribution in [0.4, 0.5) is 10.5 Å². The number of hydrogen-bond donors (Lipinski definition) is 2. The zero-order chi connectivity index (χ0) is 22.5. The van der Waals surface area contributed by atoms with Crippen LogP contribution < -0.4 is 19.7 Å². The average Bonchev–Trinajstić information content (AvgIpc) is 2.71. The lowest BCUT2D eigenvalue weighted by molar-refractivity contribution is -0.139. The van der Waals surface area contributed by atoms with Gasteiger partial charge in [-0.3, -0.25) is 14.9 Å². The topological polar surface area (TPSA) is 122 Å². The second-order valence-corrected chi connectivity index (χ2v) is 7.11. The molecule has 10 heteroatoms. The van der Waals surface area contributed by atoms with Crippen molar-refractivity contribution in [2.45, 2.75) is 6.92 Å². The number of nitrogens with one attached hydrogen (secondary N) is 1. The lowest BCUT2D eigenvalue weighted by Gasteiger charge is -2.26. The SMILES string of the molecule is CCOc1ccc(N2C(=O)NC(=O)C(=Cc3ccc(OCC(=O)O)c(Br)c3)C2=O)cc1. The van der Waals surface area contributed by atoms with E-state index >= 15 is 0 Å². The van der Waals surface area contributed by atoms with E-state index in [0.717, 1.165) is 4.90 Å². The molecule has 31 heavy (non-hydrogen) atoms. The summed E-state index contributed by atoms with van der Waals surface area (Å²) >= 11 is 3.26. The number of ether oxygens (including phenoxy) is 2. The number of nitrogens with zero attached hydrogens (tertiary/aromatic N) is 1. The van der Waals surface area contributed by atoms with E-state index in [1.54, 1.807) is 36.4 Å². The molecule has 0 atom stereocenters. The Morgan fingerprint density at radius 3 is 2.45 bits per heavy atom. The van der Waals surface area contributed by atoms with E-state index in [-0.39, 0.29) is 17.0 Å². The zero-order valence-corrected chi connectivity index (χ0v) is 17.8. The molecule has 0 saturated carbocycles. The third-order valence-electron chi connectivity index (χ3n) is 4.13. The molecule has 0 bridgehead atoms. The first-order chi connectivity index (χ1) is 14.8. The zero-order valence-electron chi connectivity index (χ0n) is 16.3. The number of urea groups is 1. The predicted octanol–water partition coefficient (Wildman–Crippen LogP) is 2.98. The van der Waals surface area contributed by atoms with E-state index in [0.29, 0.717) is 22.4 Å². The molecule has 1 saturated heterocycles. The lowest BCUT2D eigenvalue weighted by Crippen LogP contribution is -2.54. The van der Waals surface area contributed by atoms with Crippen molar-refractivity contribution in [2.75, 3.05) is 18.1 Å². The Hall–Kier alpha value is -3.66. The lowest BCUT2D eigenvalue weighted by atomic mass is 10.1. The van der Waals surface area contributed by atoms with Gasteiger partial charge in [0.15, 0.2) is 6.61 Å². The van der Waals surface area contributed by atoms with Crippen molar-refractivity contribution in [1.29, 1.82) is 0 Å². The molecule has 2 N–H and O–H groups in total. The van der Waals surface area contributed by atoms with Crippen LogP contribution in [-0.2, 0) is 14.4 Å². The number of imide groups is 2. The number of anilines is 1. The molecule has 2 aromatic carbocycles. The summed E-state index contributed by atoms with van der Waals surface area (Å²) in [6, 6.07) is 10.1. The Labute approximate surface area is 185 Å². The molecule has 2 aromatic rings. The smallest absolute Gasteiger partial charge is 0.341 e. The molecule has 1 aliphatic rings. The van der Waals surface area contributed by atoms with Crippen LogP contribution >= 0.6 is 15.9 Å². The van der Waals surface area contributed by atoms with Gasteiger partial charge >= 0.3 is 12.0 Å². The number of carbonyl (C=O) groups excluding carboxylic acids is 3. The standard InChI is InChI=1S/C21H17BrN2O7/c1-2-30-14-6-4-13(5-7-14)24-20(28)15(19(27)23-21(24)29)9-12-3-8-17(16(22)10-12)31-11-18(25)26/h3-10H,2,11H2,1H3,(H,25,26)(H,23,27,29). The maximum atomic E-state index is 12.9. The fourth-order valence-corrected chi connectivity index (χ4v) is 3.29. The van der Waals surface area contributed by atoms with Gasteiger partial charge in [0, 0.05) is 0 Å². The molecular formula is C21H17BrN2O7. The highest BCUT2D eigenvalue weighted by Gasteiger charge is 2.36. The molecule has 4 amide bonds. The van der Waals surface area contributed by atoms with Crippen molar-refractivity contribution >= 4 is 51.5 Å². The number of carbonyl (C=O) groups is 4. The van der Waals surface area contributed by atoms with Gasteiger partial charge in [-0.05, 0) is 70.9 Å². The Morgan fingerprint density at radius 1 is 1.13 bits per heavy atom. The number of carboxylic acids is 1. The minimum absolute atomic E-state index is 0.236. The summed E-state index contributed by atoms with van der Waals surface area (Å²) in [7, 11) is 0. The van der Waals surface area contributed by atoms with Crippen molar-refractivity contribution in [3.8, 4) is 11.5 Å². The van der Waals surface area contributed by atoms with Gasteiger partial charge in [-0.2, -0.15) is 0 Å². The van der Waals surface area contributed by atoms with Gasteiger partial charge in [-0.15, -0.1) is 0 Å². The number of benzene rings is 2. The summed E-state index contributed by atoms with van der Waals surface area (Å²) in [5.74, 6) is -1.85. The number of barbiturate groups is 1. The summed E-state index contributed by atoms with van der Waals surface area (Å²) in [6.07, 6.45) is 1.33. The second kappa shape index (κ2) is 9.43. The van der Waals surface area contributed by atoms with Crippen molar-refractivity contribution in [3.05, 3.63) is 58.1 Å². The highest BCUT2D eigenvalue weighted by Crippen LogP contribution is 2.28. The van der Waals surface area contributed by atoms with Gasteiger partial charge in [0.05, 0.1) is 16.8 Å². The highest BCUT2D eigenvalue weighted by molar-refractivity contribution is 9.10. The monoisotopic (exact) mass is 488 g/mol. The van der Waals surface area contributed by atoms with Gasteiger partial charge in [-0.1, -0.05) is 6.07 Å². The molecule has 0 radical (unpaired) electrons. The number of hydrogen-bond acceptors (Lipinski definition) is 6. The van der Waals surface area contributed by atoms with Crippen LogP contribution in [-0.4, -0.2) is 42.1 Å². The van der Waals surface area contributed by atoms with Crippen molar-refractivity contribution in [3.63, 3.8) is 0 Å². The fourth-order valence-electron chi connectivity index (χ4n) is 2.78. The minimum Gasteiger partial charge on any atom is -0.494 e. The molecular weight excluding hydrogens is 472 g/mol. The molecule has 0 aromatic heterocycles. The first-order valence-electron chi connectivity index (χ1n) is 9.08. The molecule has 0 spiro atoms. The number of aliphatic carboxylic acids is 1. The third kappa shape index (κ3) is 5.10. The second-order valence-electron chi connectivity index (χ2n) is 6.26. The van der Waals surface area contributed by atoms with E-state index in [1.165, 1.54) is 12.1 Å². The number of rotatable bonds is 7. The average molecular weight is 489 g/mol. The third-order valence-corrected chi connectivity index (χ3v) is 4.75. The van der Waals surface area contributed by atoms with E-state index < -0.39 is 30.4 Å². The van der Waals surface area contributed by atoms with Crippen LogP contribution in [0.3, 0.4) is 0 Å². The van der Waals surface area contributed by atoms with E-state index in [1.807, 2.05) is 6.92 Å². The van der Waals surface area contributed by atoms with Crippen LogP contribution in [0.2, 0.25) is 0 Å². The highest BCUT2D eigenvalue weighted by atomic mass is 79.9. The maximum absolute atomic E-state index is 12.9. The maximum Gasteiger partial charge on any atom is 0.341 e. The van der Waals surface area contributed by atoms with E-state index in [2.05, 4.69) is 21.2 Å². The molecule has 1 aliphatic heterocycles. The van der Waals surface area contributed by atoms with Crippen LogP contribution in [0.5, 0.6) is 11.5 Å². The molecule has 160 valence electrons. The number of amides is 4. The number of halogens is 1. The molecule has 9 nitrogen and oxygen atoms in total. The Bertz CT molecular complexity index is 1080. The van der Waals surface area contributed by atoms with Crippen LogP contribution in [0.15, 0.2) is 52.5 Å².